The molecule has 0 unspecified atom stereocenters. The summed E-state index contributed by atoms with van der Waals surface area (Å²) in [6.07, 6.45) is 1.42. The van der Waals surface area contributed by atoms with E-state index < -0.39 is 11.7 Å². The standard InChI is InChI=1S/C13H9FN4O/c14-9-6-8(7-15)3-4-11(9)18-13(19)12-10(16)2-1-5-17-12/h1-6H,16H2,(H,18,19). The molecule has 1 aromatic carbocycles. The Morgan fingerprint density at radius 3 is 2.84 bits per heavy atom. The SMILES string of the molecule is N#Cc1ccc(NC(=O)c2ncccc2N)c(F)c1. The topological polar surface area (TPSA) is 91.8 Å². The van der Waals surface area contributed by atoms with Crippen LogP contribution in [0.3, 0.4) is 0 Å². The van der Waals surface area contributed by atoms with Gasteiger partial charge in [0.05, 0.1) is 23.0 Å². The monoisotopic (exact) mass is 256 g/mol. The van der Waals surface area contributed by atoms with Crippen molar-refractivity contribution in [1.29, 1.82) is 5.26 Å². The first-order chi connectivity index (χ1) is 9.11. The number of carbonyl (C=O) groups excluding carboxylic acids is 1. The molecule has 19 heavy (non-hydrogen) atoms. The summed E-state index contributed by atoms with van der Waals surface area (Å²) < 4.78 is 13.6. The quantitative estimate of drug-likeness (QED) is 0.858. The van der Waals surface area contributed by atoms with E-state index in [1.54, 1.807) is 12.1 Å². The number of halogens is 1. The van der Waals surface area contributed by atoms with Crippen LogP contribution >= 0.6 is 0 Å². The summed E-state index contributed by atoms with van der Waals surface area (Å²) in [7, 11) is 0. The largest absolute Gasteiger partial charge is 0.397 e. The van der Waals surface area contributed by atoms with E-state index in [4.69, 9.17) is 11.0 Å². The molecule has 0 atom stereocenters. The molecule has 0 aliphatic heterocycles. The average molecular weight is 256 g/mol. The molecule has 6 heteroatoms. The smallest absolute Gasteiger partial charge is 0.276 e. The van der Waals surface area contributed by atoms with Gasteiger partial charge in [0, 0.05) is 6.20 Å². The van der Waals surface area contributed by atoms with Gasteiger partial charge in [0.2, 0.25) is 0 Å². The lowest BCUT2D eigenvalue weighted by molar-refractivity contribution is 0.102. The van der Waals surface area contributed by atoms with E-state index in [1.165, 1.54) is 24.4 Å². The molecule has 0 fully saturated rings. The van der Waals surface area contributed by atoms with Crippen LogP contribution in [0.2, 0.25) is 0 Å². The summed E-state index contributed by atoms with van der Waals surface area (Å²) in [5.41, 5.74) is 5.96. The van der Waals surface area contributed by atoms with Crippen LogP contribution in [-0.2, 0) is 0 Å². The van der Waals surface area contributed by atoms with E-state index >= 15 is 0 Å². The van der Waals surface area contributed by atoms with Crippen LogP contribution in [0.15, 0.2) is 36.5 Å². The number of pyridine rings is 1. The highest BCUT2D eigenvalue weighted by atomic mass is 19.1. The van der Waals surface area contributed by atoms with Gasteiger partial charge < -0.3 is 11.1 Å². The second-order valence-corrected chi connectivity index (χ2v) is 3.70. The predicted molar refractivity (Wildman–Crippen MR) is 67.7 cm³/mol. The van der Waals surface area contributed by atoms with Crippen molar-refractivity contribution in [2.75, 3.05) is 11.1 Å². The molecule has 0 radical (unpaired) electrons. The molecule has 0 bridgehead atoms. The number of hydrogen-bond acceptors (Lipinski definition) is 4. The third kappa shape index (κ3) is 2.66. The molecule has 0 aliphatic carbocycles. The highest BCUT2D eigenvalue weighted by Gasteiger charge is 2.13. The fourth-order valence-electron chi connectivity index (χ4n) is 1.48. The molecular formula is C13H9FN4O. The number of nitrogens with zero attached hydrogens (tertiary/aromatic N) is 2. The fourth-order valence-corrected chi connectivity index (χ4v) is 1.48. The van der Waals surface area contributed by atoms with Crippen LogP contribution in [-0.4, -0.2) is 10.9 Å². The molecule has 2 aromatic rings. The summed E-state index contributed by atoms with van der Waals surface area (Å²) in [6, 6.07) is 8.67. The maximum absolute atomic E-state index is 13.6. The van der Waals surface area contributed by atoms with Gasteiger partial charge in [0.15, 0.2) is 5.69 Å². The lowest BCUT2D eigenvalue weighted by atomic mass is 10.2. The zero-order valence-electron chi connectivity index (χ0n) is 9.72. The Balaban J connectivity index is 2.25. The van der Waals surface area contributed by atoms with Crippen molar-refractivity contribution >= 4 is 17.3 Å². The Kier molecular flexibility index (Phi) is 3.39. The first-order valence-electron chi connectivity index (χ1n) is 5.33. The van der Waals surface area contributed by atoms with Crippen LogP contribution in [0, 0.1) is 17.1 Å². The highest BCUT2D eigenvalue weighted by molar-refractivity contribution is 6.06. The summed E-state index contributed by atoms with van der Waals surface area (Å²) in [6.45, 7) is 0. The minimum Gasteiger partial charge on any atom is -0.397 e. The van der Waals surface area contributed by atoms with Gasteiger partial charge in [0.1, 0.15) is 5.82 Å². The fraction of sp³-hybridized carbons (Fsp3) is 0. The number of nitriles is 1. The Labute approximate surface area is 108 Å². The molecule has 94 valence electrons. The number of nitrogen functional groups attached to an aromatic ring is 1. The van der Waals surface area contributed by atoms with Gasteiger partial charge in [0.25, 0.3) is 5.91 Å². The summed E-state index contributed by atoms with van der Waals surface area (Å²) in [5, 5.41) is 11.0. The van der Waals surface area contributed by atoms with E-state index in [9.17, 15) is 9.18 Å². The normalized spacial score (nSPS) is 9.68. The Morgan fingerprint density at radius 1 is 1.42 bits per heavy atom. The number of rotatable bonds is 2. The average Bonchev–Trinajstić information content (AvgIpc) is 2.41. The lowest BCUT2D eigenvalue weighted by Crippen LogP contribution is -2.16. The number of anilines is 2. The van der Waals surface area contributed by atoms with Crippen molar-refractivity contribution in [3.8, 4) is 6.07 Å². The van der Waals surface area contributed by atoms with Gasteiger partial charge >= 0.3 is 0 Å². The maximum Gasteiger partial charge on any atom is 0.276 e. The first-order valence-corrected chi connectivity index (χ1v) is 5.33. The minimum absolute atomic E-state index is 0.0197. The van der Waals surface area contributed by atoms with Crippen molar-refractivity contribution < 1.29 is 9.18 Å². The number of aromatic nitrogens is 1. The maximum atomic E-state index is 13.6. The summed E-state index contributed by atoms with van der Waals surface area (Å²) >= 11 is 0. The molecule has 1 amide bonds. The molecule has 2 rings (SSSR count). The van der Waals surface area contributed by atoms with Gasteiger partial charge in [-0.2, -0.15) is 5.26 Å². The Bertz CT molecular complexity index is 679. The van der Waals surface area contributed by atoms with E-state index in [1.807, 2.05) is 0 Å². The highest BCUT2D eigenvalue weighted by Crippen LogP contribution is 2.17. The second kappa shape index (κ2) is 5.14. The molecule has 0 aliphatic rings. The third-order valence-electron chi connectivity index (χ3n) is 2.40. The van der Waals surface area contributed by atoms with Crippen LogP contribution in [0.25, 0.3) is 0 Å². The predicted octanol–water partition coefficient (Wildman–Crippen LogP) is 1.93. The van der Waals surface area contributed by atoms with Crippen LogP contribution < -0.4 is 11.1 Å². The van der Waals surface area contributed by atoms with E-state index in [0.29, 0.717) is 0 Å². The van der Waals surface area contributed by atoms with Gasteiger partial charge in [-0.1, -0.05) is 0 Å². The van der Waals surface area contributed by atoms with Gasteiger partial charge in [-0.25, -0.2) is 9.37 Å². The Hall–Kier alpha value is -2.94. The lowest BCUT2D eigenvalue weighted by Gasteiger charge is -2.07. The molecule has 1 heterocycles. The van der Waals surface area contributed by atoms with Crippen LogP contribution in [0.1, 0.15) is 16.1 Å². The van der Waals surface area contributed by atoms with Crippen molar-refractivity contribution in [2.24, 2.45) is 0 Å². The number of carbonyl (C=O) groups is 1. The molecule has 0 saturated carbocycles. The van der Waals surface area contributed by atoms with E-state index in [-0.39, 0.29) is 22.6 Å². The van der Waals surface area contributed by atoms with Crippen molar-refractivity contribution in [3.63, 3.8) is 0 Å². The minimum atomic E-state index is -0.693. The number of nitrogens with two attached hydrogens (primary N) is 1. The van der Waals surface area contributed by atoms with E-state index in [2.05, 4.69) is 10.3 Å². The number of amides is 1. The van der Waals surface area contributed by atoms with Crippen LogP contribution in [0.5, 0.6) is 0 Å². The summed E-state index contributed by atoms with van der Waals surface area (Å²) in [5.74, 6) is -1.30. The number of benzene rings is 1. The van der Waals surface area contributed by atoms with Crippen molar-refractivity contribution in [3.05, 3.63) is 53.6 Å². The van der Waals surface area contributed by atoms with Crippen molar-refractivity contribution in [1.82, 2.24) is 4.98 Å². The van der Waals surface area contributed by atoms with E-state index in [0.717, 1.165) is 6.07 Å². The second-order valence-electron chi connectivity index (χ2n) is 3.70. The van der Waals surface area contributed by atoms with Gasteiger partial charge in [-0.15, -0.1) is 0 Å². The summed E-state index contributed by atoms with van der Waals surface area (Å²) in [4.78, 5) is 15.7. The first kappa shape index (κ1) is 12.5. The van der Waals surface area contributed by atoms with Gasteiger partial charge in [-0.05, 0) is 30.3 Å². The number of hydrogen-bond donors (Lipinski definition) is 2. The Morgan fingerprint density at radius 2 is 2.21 bits per heavy atom. The van der Waals surface area contributed by atoms with Crippen molar-refractivity contribution in [2.45, 2.75) is 0 Å². The number of nitrogens with one attached hydrogen (secondary N) is 1. The van der Waals surface area contributed by atoms with Gasteiger partial charge in [-0.3, -0.25) is 4.79 Å². The molecule has 1 aromatic heterocycles. The third-order valence-corrected chi connectivity index (χ3v) is 2.40. The van der Waals surface area contributed by atoms with Crippen LogP contribution in [0.4, 0.5) is 15.8 Å². The molecule has 0 saturated heterocycles. The molecule has 5 nitrogen and oxygen atoms in total. The zero-order chi connectivity index (χ0) is 13.8. The molecular weight excluding hydrogens is 247 g/mol. The molecule has 0 spiro atoms. The zero-order valence-corrected chi connectivity index (χ0v) is 9.72. The molecule has 3 N–H and O–H groups in total.